The number of halogens is 1. The summed E-state index contributed by atoms with van der Waals surface area (Å²) >= 11 is 0. The van der Waals surface area contributed by atoms with E-state index < -0.39 is 50.9 Å². The largest absolute Gasteiger partial charge is 0.566 e. The van der Waals surface area contributed by atoms with Gasteiger partial charge in [-0.1, -0.05) is 13.8 Å². The minimum absolute atomic E-state index is 0.0895. The fraction of sp³-hybridized carbons (Fsp3) is 0.571. The Bertz CT molecular complexity index is 963. The Morgan fingerprint density at radius 2 is 2.32 bits per heavy atom. The predicted molar refractivity (Wildman–Crippen MR) is 90.0 cm³/mol. The van der Waals surface area contributed by atoms with Gasteiger partial charge in [0.05, 0.1) is 12.9 Å². The van der Waals surface area contributed by atoms with Crippen LogP contribution in [0, 0.1) is 5.92 Å². The molecule has 0 bridgehead atoms. The number of aromatic amines is 1. The second-order valence-electron chi connectivity index (χ2n) is 6.37. The van der Waals surface area contributed by atoms with Crippen molar-refractivity contribution in [2.24, 2.45) is 5.92 Å². The normalized spacial score (nSPS) is 25.4. The first-order valence-electron chi connectivity index (χ1n) is 8.22. The van der Waals surface area contributed by atoms with Crippen LogP contribution in [0.5, 0.6) is 0 Å². The third kappa shape index (κ3) is 3.80. The van der Waals surface area contributed by atoms with Crippen molar-refractivity contribution >= 4 is 31.3 Å². The van der Waals surface area contributed by atoms with Crippen molar-refractivity contribution in [3.8, 4) is 0 Å². The topological polar surface area (TPSA) is 171 Å². The van der Waals surface area contributed by atoms with Gasteiger partial charge in [0, 0.05) is 5.92 Å². The van der Waals surface area contributed by atoms with Crippen LogP contribution in [0.15, 0.2) is 11.1 Å². The summed E-state index contributed by atoms with van der Waals surface area (Å²) in [5.41, 5.74) is -0.906. The number of carbonyl (C=O) groups excluding carboxylic acids is 1. The summed E-state index contributed by atoms with van der Waals surface area (Å²) in [5.74, 6) is -0.953. The molecule has 1 unspecified atom stereocenters. The van der Waals surface area contributed by atoms with Gasteiger partial charge in [-0.3, -0.25) is 24.5 Å². The highest BCUT2D eigenvalue weighted by Gasteiger charge is 2.50. The first-order valence-corrected chi connectivity index (χ1v) is 9.31. The zero-order valence-electron chi connectivity index (χ0n) is 14.7. The molecule has 1 aliphatic rings. The van der Waals surface area contributed by atoms with Crippen LogP contribution in [0.4, 0.5) is 10.3 Å². The molecule has 5 atom stereocenters. The fourth-order valence-corrected chi connectivity index (χ4v) is 3.13. The summed E-state index contributed by atoms with van der Waals surface area (Å²) in [6, 6.07) is 0. The van der Waals surface area contributed by atoms with Gasteiger partial charge in [0.1, 0.15) is 6.10 Å². The van der Waals surface area contributed by atoms with E-state index >= 15 is 0 Å². The van der Waals surface area contributed by atoms with E-state index in [9.17, 15) is 28.5 Å². The molecular formula is C14H17FN5O7P. The molecule has 1 saturated heterocycles. The number of ether oxygens (including phenoxy) is 1. The van der Waals surface area contributed by atoms with Crippen molar-refractivity contribution in [3.05, 3.63) is 16.7 Å². The molecule has 28 heavy (non-hydrogen) atoms. The van der Waals surface area contributed by atoms with Gasteiger partial charge in [0.15, 0.2) is 29.7 Å². The molecule has 3 N–H and O–H groups in total. The van der Waals surface area contributed by atoms with Gasteiger partial charge < -0.3 is 14.7 Å². The molecule has 152 valence electrons. The number of carbonyl (C=O) groups is 1. The zero-order valence-corrected chi connectivity index (χ0v) is 15.6. The van der Waals surface area contributed by atoms with Crippen LogP contribution >= 0.6 is 8.25 Å². The van der Waals surface area contributed by atoms with Crippen LogP contribution < -0.4 is 15.8 Å². The van der Waals surface area contributed by atoms with Crippen LogP contribution in [0.2, 0.25) is 0 Å². The number of amides is 1. The second kappa shape index (κ2) is 7.97. The molecule has 0 spiro atoms. The highest BCUT2D eigenvalue weighted by atomic mass is 31.1. The fourth-order valence-electron chi connectivity index (χ4n) is 2.71. The lowest BCUT2D eigenvalue weighted by Gasteiger charge is -2.17. The zero-order chi connectivity index (χ0) is 20.6. The van der Waals surface area contributed by atoms with E-state index in [0.29, 0.717) is 0 Å². The average molecular weight is 417 g/mol. The molecule has 1 fully saturated rings. The minimum atomic E-state index is -3.42. The molecule has 0 saturated carbocycles. The molecule has 1 amide bonds. The van der Waals surface area contributed by atoms with E-state index in [2.05, 4.69) is 24.8 Å². The number of rotatable bonds is 6. The summed E-state index contributed by atoms with van der Waals surface area (Å²) in [5, 5.41) is 11.7. The van der Waals surface area contributed by atoms with E-state index in [1.165, 1.54) is 0 Å². The maximum atomic E-state index is 14.4. The Morgan fingerprint density at radius 3 is 2.93 bits per heavy atom. The Labute approximate surface area is 157 Å². The van der Waals surface area contributed by atoms with Gasteiger partial charge >= 0.3 is 8.25 Å². The number of aromatic nitrogens is 4. The maximum Gasteiger partial charge on any atom is 0.489 e. The van der Waals surface area contributed by atoms with Crippen LogP contribution in [-0.4, -0.2) is 55.5 Å². The van der Waals surface area contributed by atoms with Crippen molar-refractivity contribution in [2.45, 2.75) is 38.5 Å². The quantitative estimate of drug-likeness (QED) is 0.516. The summed E-state index contributed by atoms with van der Waals surface area (Å²) in [6.07, 6.45) is -5.18. The number of aliphatic hydroxyl groups is 1. The Hall–Kier alpha value is -2.31. The van der Waals surface area contributed by atoms with E-state index in [1.54, 1.807) is 13.8 Å². The summed E-state index contributed by atoms with van der Waals surface area (Å²) in [7, 11) is -3.42. The number of hydrogen-bond donors (Lipinski definition) is 3. The molecule has 0 radical (unpaired) electrons. The number of alkyl halides is 1. The predicted octanol–water partition coefficient (Wildman–Crippen LogP) is -0.655. The summed E-state index contributed by atoms with van der Waals surface area (Å²) < 4.78 is 36.4. The van der Waals surface area contributed by atoms with E-state index in [1.807, 2.05) is 0 Å². The number of hydrogen-bond acceptors (Lipinski definition) is 9. The standard InChI is InChI=1S/C14H17FN5O7P/c1-5(2)11(22)18-14-17-10-8(12(23)19-14)16-4-20(10)13-9(27-28(24)25)7(15)6(3-21)26-13/h4-7,9,13,21H,3H2,1-2H3,(H2,17,18,19,22,23)/t6-,7+,9-,13-/m1/s1. The minimum Gasteiger partial charge on any atom is -0.566 e. The van der Waals surface area contributed by atoms with Gasteiger partial charge in [0.25, 0.3) is 5.56 Å². The molecule has 2 aromatic heterocycles. The second-order valence-corrected chi connectivity index (χ2v) is 7.03. The van der Waals surface area contributed by atoms with Gasteiger partial charge in [-0.15, -0.1) is 4.52 Å². The highest BCUT2D eigenvalue weighted by molar-refractivity contribution is 7.30. The molecule has 2 aromatic rings. The number of anilines is 1. The SMILES string of the molecule is CC(C)C(=O)Nc1nc2c(ncn2[C@@H]2O[C@H](CO)[C@H](F)[C@H]2O[P+](=O)[O-])c(=O)[nH]1. The van der Waals surface area contributed by atoms with E-state index in [4.69, 9.17) is 4.74 Å². The van der Waals surface area contributed by atoms with Crippen molar-refractivity contribution in [2.75, 3.05) is 11.9 Å². The number of nitrogens with zero attached hydrogens (tertiary/aromatic N) is 3. The van der Waals surface area contributed by atoms with Crippen LogP contribution in [0.25, 0.3) is 11.2 Å². The average Bonchev–Trinajstić information content (AvgIpc) is 3.16. The van der Waals surface area contributed by atoms with Crippen LogP contribution in [-0.2, 0) is 18.6 Å². The lowest BCUT2D eigenvalue weighted by atomic mass is 10.1. The van der Waals surface area contributed by atoms with Gasteiger partial charge in [-0.05, 0) is 4.57 Å². The molecule has 14 heteroatoms. The molecular weight excluding hydrogens is 400 g/mol. The van der Waals surface area contributed by atoms with E-state index in [0.717, 1.165) is 10.9 Å². The first-order chi connectivity index (χ1) is 13.2. The highest BCUT2D eigenvalue weighted by Crippen LogP contribution is 2.38. The molecule has 0 aliphatic carbocycles. The first kappa shape index (κ1) is 20.4. The van der Waals surface area contributed by atoms with Crippen molar-refractivity contribution in [1.82, 2.24) is 19.5 Å². The van der Waals surface area contributed by atoms with Crippen molar-refractivity contribution in [1.29, 1.82) is 0 Å². The number of H-pyrrole nitrogens is 1. The van der Waals surface area contributed by atoms with Gasteiger partial charge in [0.2, 0.25) is 11.9 Å². The third-order valence-electron chi connectivity index (χ3n) is 4.12. The lowest BCUT2D eigenvalue weighted by Crippen LogP contribution is -2.31. The third-order valence-corrected chi connectivity index (χ3v) is 4.54. The molecule has 3 rings (SSSR count). The van der Waals surface area contributed by atoms with Crippen molar-refractivity contribution in [3.63, 3.8) is 0 Å². The van der Waals surface area contributed by atoms with Crippen molar-refractivity contribution < 1.29 is 33.0 Å². The Balaban J connectivity index is 2.04. The Morgan fingerprint density at radius 1 is 1.61 bits per heavy atom. The summed E-state index contributed by atoms with van der Waals surface area (Å²) in [4.78, 5) is 45.4. The Kier molecular flexibility index (Phi) is 5.82. The van der Waals surface area contributed by atoms with E-state index in [-0.39, 0.29) is 23.0 Å². The van der Waals surface area contributed by atoms with Gasteiger partial charge in [-0.25, -0.2) is 9.37 Å². The lowest BCUT2D eigenvalue weighted by molar-refractivity contribution is -0.193. The monoisotopic (exact) mass is 417 g/mol. The van der Waals surface area contributed by atoms with Crippen LogP contribution in [0.3, 0.4) is 0 Å². The molecule has 3 heterocycles. The molecule has 0 aromatic carbocycles. The molecule has 12 nitrogen and oxygen atoms in total. The number of aliphatic hydroxyl groups excluding tert-OH is 1. The maximum absolute atomic E-state index is 14.4. The van der Waals surface area contributed by atoms with Crippen LogP contribution in [0.1, 0.15) is 20.1 Å². The number of nitrogens with one attached hydrogen (secondary N) is 2. The molecule has 1 aliphatic heterocycles. The number of fused-ring (bicyclic) bond motifs is 1. The smallest absolute Gasteiger partial charge is 0.489 e. The number of imidazole rings is 1. The van der Waals surface area contributed by atoms with Gasteiger partial charge in [-0.2, -0.15) is 4.98 Å². The summed E-state index contributed by atoms with van der Waals surface area (Å²) in [6.45, 7) is 2.57.